The van der Waals surface area contributed by atoms with E-state index >= 15 is 0 Å². The average molecular weight is 156 g/mol. The molecule has 0 saturated carbocycles. The highest BCUT2D eigenvalue weighted by atomic mass is 16.5. The summed E-state index contributed by atoms with van der Waals surface area (Å²) in [5, 5.41) is 9.28. The molecule has 0 aromatic carbocycles. The van der Waals surface area contributed by atoms with Crippen molar-refractivity contribution in [2.24, 2.45) is 0 Å². The van der Waals surface area contributed by atoms with Crippen molar-refractivity contribution in [3.05, 3.63) is 11.6 Å². The Balaban J connectivity index is 2.71. The van der Waals surface area contributed by atoms with Gasteiger partial charge in [-0.3, -0.25) is 0 Å². The highest BCUT2D eigenvalue weighted by Gasteiger charge is 2.26. The van der Waals surface area contributed by atoms with Crippen molar-refractivity contribution >= 4 is 5.97 Å². The van der Waals surface area contributed by atoms with Gasteiger partial charge in [-0.2, -0.15) is 0 Å². The minimum Gasteiger partial charge on any atom is -0.455 e. The first kappa shape index (κ1) is 8.27. The molecule has 3 heteroatoms. The van der Waals surface area contributed by atoms with Crippen molar-refractivity contribution in [3.8, 4) is 0 Å². The Kier molecular flexibility index (Phi) is 2.29. The van der Waals surface area contributed by atoms with Gasteiger partial charge in [0.1, 0.15) is 6.10 Å². The molecule has 2 unspecified atom stereocenters. The highest BCUT2D eigenvalue weighted by molar-refractivity contribution is 5.91. The van der Waals surface area contributed by atoms with Gasteiger partial charge in [-0.05, 0) is 19.4 Å². The normalized spacial score (nSPS) is 26.3. The topological polar surface area (TPSA) is 46.5 Å². The molecule has 1 heterocycles. The lowest BCUT2D eigenvalue weighted by Crippen LogP contribution is -2.14. The van der Waals surface area contributed by atoms with Gasteiger partial charge in [-0.1, -0.05) is 6.92 Å². The van der Waals surface area contributed by atoms with Gasteiger partial charge < -0.3 is 9.84 Å². The van der Waals surface area contributed by atoms with Crippen LogP contribution in [0.1, 0.15) is 20.3 Å². The molecule has 0 fully saturated rings. The molecular weight excluding hydrogens is 144 g/mol. The molecule has 1 rings (SSSR count). The van der Waals surface area contributed by atoms with Gasteiger partial charge in [-0.15, -0.1) is 0 Å². The Bertz CT molecular complexity index is 196. The third kappa shape index (κ3) is 1.60. The van der Waals surface area contributed by atoms with Gasteiger partial charge in [0.05, 0.1) is 11.7 Å². The van der Waals surface area contributed by atoms with E-state index in [0.29, 0.717) is 12.0 Å². The van der Waals surface area contributed by atoms with E-state index in [1.54, 1.807) is 13.0 Å². The lowest BCUT2D eigenvalue weighted by atomic mass is 10.1. The predicted molar refractivity (Wildman–Crippen MR) is 39.9 cm³/mol. The smallest absolute Gasteiger partial charge is 0.337 e. The van der Waals surface area contributed by atoms with Crippen LogP contribution in [0.5, 0.6) is 0 Å². The van der Waals surface area contributed by atoms with Crippen LogP contribution >= 0.6 is 0 Å². The molecule has 62 valence electrons. The fourth-order valence-corrected chi connectivity index (χ4v) is 1.06. The van der Waals surface area contributed by atoms with E-state index in [1.807, 2.05) is 6.92 Å². The summed E-state index contributed by atoms with van der Waals surface area (Å²) in [5.41, 5.74) is 0.403. The molecule has 11 heavy (non-hydrogen) atoms. The first-order valence-electron chi connectivity index (χ1n) is 3.76. The van der Waals surface area contributed by atoms with Gasteiger partial charge in [-0.25, -0.2) is 4.79 Å². The molecular formula is C8H12O3. The molecule has 1 aliphatic heterocycles. The number of aliphatic hydroxyl groups excluding tert-OH is 1. The molecule has 0 spiro atoms. The minimum absolute atomic E-state index is 0.182. The number of carbonyl (C=O) groups excluding carboxylic acids is 1. The quantitative estimate of drug-likeness (QED) is 0.596. The van der Waals surface area contributed by atoms with Crippen LogP contribution < -0.4 is 0 Å². The zero-order valence-corrected chi connectivity index (χ0v) is 6.70. The Morgan fingerprint density at radius 1 is 1.82 bits per heavy atom. The van der Waals surface area contributed by atoms with E-state index in [-0.39, 0.29) is 12.1 Å². The molecule has 0 aromatic heterocycles. The summed E-state index contributed by atoms with van der Waals surface area (Å²) >= 11 is 0. The SMILES string of the molecule is CCC(O)C1=CC(C)OC1=O. The van der Waals surface area contributed by atoms with E-state index in [4.69, 9.17) is 4.74 Å². The van der Waals surface area contributed by atoms with Gasteiger partial charge in [0.15, 0.2) is 0 Å². The van der Waals surface area contributed by atoms with Crippen molar-refractivity contribution in [2.75, 3.05) is 0 Å². The Labute approximate surface area is 65.7 Å². The number of hydrogen-bond donors (Lipinski definition) is 1. The van der Waals surface area contributed by atoms with Crippen molar-refractivity contribution < 1.29 is 14.6 Å². The van der Waals surface area contributed by atoms with E-state index in [2.05, 4.69) is 0 Å². The summed E-state index contributed by atoms with van der Waals surface area (Å²) in [6.45, 7) is 3.59. The second-order valence-electron chi connectivity index (χ2n) is 2.66. The molecule has 0 aliphatic carbocycles. The fraction of sp³-hybridized carbons (Fsp3) is 0.625. The molecule has 3 nitrogen and oxygen atoms in total. The lowest BCUT2D eigenvalue weighted by Gasteiger charge is -2.04. The molecule has 0 radical (unpaired) electrons. The van der Waals surface area contributed by atoms with Crippen molar-refractivity contribution in [2.45, 2.75) is 32.5 Å². The van der Waals surface area contributed by atoms with E-state index in [9.17, 15) is 9.90 Å². The maximum Gasteiger partial charge on any atom is 0.337 e. The molecule has 2 atom stereocenters. The molecule has 0 saturated heterocycles. The van der Waals surface area contributed by atoms with Crippen molar-refractivity contribution in [1.29, 1.82) is 0 Å². The Morgan fingerprint density at radius 3 is 2.82 bits per heavy atom. The van der Waals surface area contributed by atoms with Crippen LogP contribution in [0.2, 0.25) is 0 Å². The first-order chi connectivity index (χ1) is 5.15. The Hall–Kier alpha value is -0.830. The minimum atomic E-state index is -0.660. The number of cyclic esters (lactones) is 1. The van der Waals surface area contributed by atoms with Crippen molar-refractivity contribution in [3.63, 3.8) is 0 Å². The summed E-state index contributed by atoms with van der Waals surface area (Å²) in [5.74, 6) is -0.383. The van der Waals surface area contributed by atoms with Crippen LogP contribution in [0, 0.1) is 0 Å². The number of carbonyl (C=O) groups is 1. The summed E-state index contributed by atoms with van der Waals surface area (Å²) in [6, 6.07) is 0. The van der Waals surface area contributed by atoms with Gasteiger partial charge in [0, 0.05) is 0 Å². The predicted octanol–water partition coefficient (Wildman–Crippen LogP) is 0.629. The maximum atomic E-state index is 10.9. The number of ether oxygens (including phenoxy) is 1. The second-order valence-corrected chi connectivity index (χ2v) is 2.66. The van der Waals surface area contributed by atoms with Crippen LogP contribution in [0.4, 0.5) is 0 Å². The van der Waals surface area contributed by atoms with Gasteiger partial charge in [0.25, 0.3) is 0 Å². The van der Waals surface area contributed by atoms with Crippen molar-refractivity contribution in [1.82, 2.24) is 0 Å². The van der Waals surface area contributed by atoms with Gasteiger partial charge in [0.2, 0.25) is 0 Å². The van der Waals surface area contributed by atoms with Crippen LogP contribution in [-0.4, -0.2) is 23.3 Å². The largest absolute Gasteiger partial charge is 0.455 e. The lowest BCUT2D eigenvalue weighted by molar-refractivity contribution is -0.139. The van der Waals surface area contributed by atoms with Crippen LogP contribution in [0.15, 0.2) is 11.6 Å². The third-order valence-corrected chi connectivity index (χ3v) is 1.69. The van der Waals surface area contributed by atoms with Crippen LogP contribution in [0.3, 0.4) is 0 Å². The standard InChI is InChI=1S/C8H12O3/c1-3-7(9)6-4-5(2)11-8(6)10/h4-5,7,9H,3H2,1-2H3. The summed E-state index contributed by atoms with van der Waals surface area (Å²) in [6.07, 6.45) is 1.37. The summed E-state index contributed by atoms with van der Waals surface area (Å²) in [7, 11) is 0. The zero-order valence-electron chi connectivity index (χ0n) is 6.70. The van der Waals surface area contributed by atoms with Gasteiger partial charge >= 0.3 is 5.97 Å². The second kappa shape index (κ2) is 3.05. The summed E-state index contributed by atoms with van der Waals surface area (Å²) in [4.78, 5) is 10.9. The highest BCUT2D eigenvalue weighted by Crippen LogP contribution is 2.17. The number of aliphatic hydroxyl groups is 1. The molecule has 0 aromatic rings. The Morgan fingerprint density at radius 2 is 2.45 bits per heavy atom. The molecule has 1 aliphatic rings. The number of hydrogen-bond acceptors (Lipinski definition) is 3. The van der Waals surface area contributed by atoms with Crippen LogP contribution in [-0.2, 0) is 9.53 Å². The van der Waals surface area contributed by atoms with E-state index in [1.165, 1.54) is 0 Å². The average Bonchev–Trinajstić information content (AvgIpc) is 2.28. The molecule has 0 amide bonds. The number of rotatable bonds is 2. The van der Waals surface area contributed by atoms with Crippen LogP contribution in [0.25, 0.3) is 0 Å². The first-order valence-corrected chi connectivity index (χ1v) is 3.76. The summed E-state index contributed by atoms with van der Waals surface area (Å²) < 4.78 is 4.81. The molecule has 0 bridgehead atoms. The maximum absolute atomic E-state index is 10.9. The fourth-order valence-electron chi connectivity index (χ4n) is 1.06. The number of esters is 1. The third-order valence-electron chi connectivity index (χ3n) is 1.69. The molecule has 1 N–H and O–H groups in total. The van der Waals surface area contributed by atoms with E-state index < -0.39 is 6.10 Å². The van der Waals surface area contributed by atoms with E-state index in [0.717, 1.165) is 0 Å². The zero-order chi connectivity index (χ0) is 8.43. The monoisotopic (exact) mass is 156 g/mol.